The first-order valence-electron chi connectivity index (χ1n) is 9.76. The number of halogens is 1. The predicted molar refractivity (Wildman–Crippen MR) is 133 cm³/mol. The lowest BCUT2D eigenvalue weighted by molar-refractivity contribution is -0.118. The van der Waals surface area contributed by atoms with Gasteiger partial charge in [0.1, 0.15) is 0 Å². The number of hydrogen-bond acceptors (Lipinski definition) is 6. The van der Waals surface area contributed by atoms with Crippen LogP contribution < -0.4 is 14.3 Å². The van der Waals surface area contributed by atoms with Crippen molar-refractivity contribution in [1.82, 2.24) is 4.57 Å². The maximum atomic E-state index is 12.6. The SMILES string of the molecule is COc1cc2sc(=NC(=O)CCCSc3ccc(Cl)cc3)n(CCSC)c2cc1OC. The minimum atomic E-state index is -0.0971. The second-order valence-electron chi connectivity index (χ2n) is 6.62. The lowest BCUT2D eigenvalue weighted by atomic mass is 10.3. The summed E-state index contributed by atoms with van der Waals surface area (Å²) < 4.78 is 14.0. The van der Waals surface area contributed by atoms with Gasteiger partial charge in [0.15, 0.2) is 16.3 Å². The minimum Gasteiger partial charge on any atom is -0.493 e. The number of methoxy groups -OCH3 is 2. The second kappa shape index (κ2) is 11.9. The number of ether oxygens (including phenoxy) is 2. The first-order valence-corrected chi connectivity index (χ1v) is 13.3. The minimum absolute atomic E-state index is 0.0971. The molecule has 166 valence electrons. The van der Waals surface area contributed by atoms with Crippen LogP contribution in [0.25, 0.3) is 10.2 Å². The van der Waals surface area contributed by atoms with E-state index < -0.39 is 0 Å². The number of amides is 1. The Morgan fingerprint density at radius 3 is 2.52 bits per heavy atom. The van der Waals surface area contributed by atoms with Crippen molar-refractivity contribution >= 4 is 62.6 Å². The van der Waals surface area contributed by atoms with Crippen molar-refractivity contribution in [2.75, 3.05) is 32.0 Å². The number of carbonyl (C=O) groups is 1. The highest BCUT2D eigenvalue weighted by molar-refractivity contribution is 7.99. The maximum absolute atomic E-state index is 12.6. The molecule has 0 atom stereocenters. The van der Waals surface area contributed by atoms with E-state index in [1.807, 2.05) is 36.4 Å². The van der Waals surface area contributed by atoms with E-state index in [4.69, 9.17) is 21.1 Å². The first kappa shape index (κ1) is 24.0. The molecular formula is C22H25ClN2O3S3. The molecule has 31 heavy (non-hydrogen) atoms. The molecule has 1 amide bonds. The Bertz CT molecular complexity index is 1090. The van der Waals surface area contributed by atoms with Crippen molar-refractivity contribution in [2.45, 2.75) is 24.3 Å². The van der Waals surface area contributed by atoms with E-state index in [1.54, 1.807) is 37.7 Å². The van der Waals surface area contributed by atoms with Gasteiger partial charge < -0.3 is 14.0 Å². The van der Waals surface area contributed by atoms with Crippen molar-refractivity contribution in [1.29, 1.82) is 0 Å². The van der Waals surface area contributed by atoms with Gasteiger partial charge in [-0.25, -0.2) is 0 Å². The molecule has 3 aromatic rings. The molecular weight excluding hydrogens is 472 g/mol. The van der Waals surface area contributed by atoms with Crippen LogP contribution in [0.5, 0.6) is 11.5 Å². The van der Waals surface area contributed by atoms with Crippen molar-refractivity contribution in [3.05, 3.63) is 46.2 Å². The molecule has 5 nitrogen and oxygen atoms in total. The zero-order valence-electron chi connectivity index (χ0n) is 17.7. The Hall–Kier alpha value is -1.61. The van der Waals surface area contributed by atoms with Gasteiger partial charge in [-0.1, -0.05) is 22.9 Å². The number of aromatic nitrogens is 1. The monoisotopic (exact) mass is 496 g/mol. The van der Waals surface area contributed by atoms with Gasteiger partial charge in [0, 0.05) is 40.8 Å². The summed E-state index contributed by atoms with van der Waals surface area (Å²) in [5.74, 6) is 3.03. The molecule has 0 spiro atoms. The van der Waals surface area contributed by atoms with E-state index in [1.165, 1.54) is 11.3 Å². The summed E-state index contributed by atoms with van der Waals surface area (Å²) in [5, 5.41) is 0.728. The van der Waals surface area contributed by atoms with Crippen molar-refractivity contribution in [3.63, 3.8) is 0 Å². The number of hydrogen-bond donors (Lipinski definition) is 0. The van der Waals surface area contributed by atoms with Crippen molar-refractivity contribution in [3.8, 4) is 11.5 Å². The second-order valence-corrected chi connectivity index (χ2v) is 10.2. The summed E-state index contributed by atoms with van der Waals surface area (Å²) in [4.78, 5) is 18.9. The van der Waals surface area contributed by atoms with Gasteiger partial charge in [0.05, 0.1) is 24.4 Å². The number of thioether (sulfide) groups is 2. The van der Waals surface area contributed by atoms with Crippen LogP contribution in [0.15, 0.2) is 46.3 Å². The Labute approximate surface area is 199 Å². The Morgan fingerprint density at radius 2 is 1.84 bits per heavy atom. The summed E-state index contributed by atoms with van der Waals surface area (Å²) in [6.07, 6.45) is 3.26. The van der Waals surface area contributed by atoms with Crippen LogP contribution >= 0.6 is 46.5 Å². The number of rotatable bonds is 10. The first-order chi connectivity index (χ1) is 15.0. The van der Waals surface area contributed by atoms with Crippen molar-refractivity contribution in [2.24, 2.45) is 4.99 Å². The van der Waals surface area contributed by atoms with Crippen LogP contribution in [0, 0.1) is 0 Å². The molecule has 0 fully saturated rings. The topological polar surface area (TPSA) is 52.8 Å². The quantitative estimate of drug-likeness (QED) is 0.265. The average Bonchev–Trinajstić information content (AvgIpc) is 3.10. The fourth-order valence-electron chi connectivity index (χ4n) is 2.99. The number of aryl methyl sites for hydroxylation is 1. The maximum Gasteiger partial charge on any atom is 0.248 e. The van der Waals surface area contributed by atoms with Crippen LogP contribution in [0.3, 0.4) is 0 Å². The normalized spacial score (nSPS) is 11.8. The number of fused-ring (bicyclic) bond motifs is 1. The standard InChI is InChI=1S/C22H25ClN2O3S3/c1-27-18-13-17-20(14-19(18)28-2)31-22(25(17)10-12-29-3)24-21(26)5-4-11-30-16-8-6-15(23)7-9-16/h6-9,13-14H,4-5,10-12H2,1-3H3. The van der Waals surface area contributed by atoms with Crippen LogP contribution in [0.4, 0.5) is 0 Å². The van der Waals surface area contributed by atoms with Gasteiger partial charge in [-0.2, -0.15) is 16.8 Å². The lowest BCUT2D eigenvalue weighted by Gasteiger charge is -2.09. The highest BCUT2D eigenvalue weighted by Crippen LogP contribution is 2.33. The van der Waals surface area contributed by atoms with Gasteiger partial charge >= 0.3 is 0 Å². The van der Waals surface area contributed by atoms with E-state index >= 15 is 0 Å². The van der Waals surface area contributed by atoms with Crippen LogP contribution in [0.2, 0.25) is 5.02 Å². The molecule has 0 radical (unpaired) electrons. The summed E-state index contributed by atoms with van der Waals surface area (Å²) in [7, 11) is 3.25. The van der Waals surface area contributed by atoms with Gasteiger partial charge in [-0.15, -0.1) is 11.8 Å². The third kappa shape index (κ3) is 6.44. The van der Waals surface area contributed by atoms with E-state index in [-0.39, 0.29) is 5.91 Å². The third-order valence-corrected chi connectivity index (χ3v) is 7.53. The fraction of sp³-hybridized carbons (Fsp3) is 0.364. The Kier molecular flexibility index (Phi) is 9.19. The molecule has 3 rings (SSSR count). The average molecular weight is 497 g/mol. The van der Waals surface area contributed by atoms with Gasteiger partial charge in [-0.3, -0.25) is 4.79 Å². The molecule has 0 N–H and O–H groups in total. The number of thiazole rings is 1. The summed E-state index contributed by atoms with van der Waals surface area (Å²) in [6.45, 7) is 0.773. The molecule has 0 aliphatic heterocycles. The molecule has 0 saturated heterocycles. The van der Waals surface area contributed by atoms with E-state index in [9.17, 15) is 4.79 Å². The highest BCUT2D eigenvalue weighted by Gasteiger charge is 2.13. The summed E-state index contributed by atoms with van der Waals surface area (Å²) in [5.41, 5.74) is 1.00. The number of nitrogens with zero attached hydrogens (tertiary/aromatic N) is 2. The molecule has 1 heterocycles. The van der Waals surface area contributed by atoms with E-state index in [0.29, 0.717) is 17.9 Å². The summed E-state index contributed by atoms with van der Waals surface area (Å²) >= 11 is 10.9. The number of benzene rings is 2. The van der Waals surface area contributed by atoms with Gasteiger partial charge in [0.2, 0.25) is 5.91 Å². The summed E-state index contributed by atoms with van der Waals surface area (Å²) in [6, 6.07) is 11.6. The molecule has 1 aromatic heterocycles. The number of carbonyl (C=O) groups excluding carboxylic acids is 1. The van der Waals surface area contributed by atoms with Gasteiger partial charge in [-0.05, 0) is 42.7 Å². The molecule has 0 saturated carbocycles. The van der Waals surface area contributed by atoms with E-state index in [0.717, 1.165) is 49.4 Å². The van der Waals surface area contributed by atoms with E-state index in [2.05, 4.69) is 15.8 Å². The molecule has 0 unspecified atom stereocenters. The zero-order valence-corrected chi connectivity index (χ0v) is 20.9. The molecule has 0 aliphatic rings. The molecule has 2 aromatic carbocycles. The van der Waals surface area contributed by atoms with Crippen LogP contribution in [-0.4, -0.2) is 42.5 Å². The smallest absolute Gasteiger partial charge is 0.248 e. The zero-order chi connectivity index (χ0) is 22.2. The molecule has 9 heteroatoms. The Balaban J connectivity index is 1.75. The largest absolute Gasteiger partial charge is 0.493 e. The fourth-order valence-corrected chi connectivity index (χ4v) is 5.42. The highest BCUT2D eigenvalue weighted by atomic mass is 35.5. The predicted octanol–water partition coefficient (Wildman–Crippen LogP) is 5.74. The van der Waals surface area contributed by atoms with Gasteiger partial charge in [0.25, 0.3) is 0 Å². The third-order valence-electron chi connectivity index (χ3n) is 4.54. The lowest BCUT2D eigenvalue weighted by Crippen LogP contribution is -2.18. The van der Waals surface area contributed by atoms with Crippen molar-refractivity contribution < 1.29 is 14.3 Å². The van der Waals surface area contributed by atoms with Crippen LogP contribution in [0.1, 0.15) is 12.8 Å². The molecule has 0 aliphatic carbocycles. The molecule has 0 bridgehead atoms. The Morgan fingerprint density at radius 1 is 1.13 bits per heavy atom. The van der Waals surface area contributed by atoms with Crippen LogP contribution in [-0.2, 0) is 11.3 Å².